The SMILES string of the molecule is Cc1cc(C)c(B2c3cc4c(cc3N3c5cc6ccccc6c6c5N(c5cc7oc8cc(C(C)(C)C)ccc8c7cc5B6c5c(C)cc(C)cc5C)c5cc6ccccc6c2c53)oc2cc(C(C)(C)C)ccc24)c(C)c1. The maximum absolute atomic E-state index is 7.09. The highest BCUT2D eigenvalue weighted by Gasteiger charge is 2.49. The number of furan rings is 2. The van der Waals surface area contributed by atoms with E-state index in [1.54, 1.807) is 0 Å². The van der Waals surface area contributed by atoms with Crippen LogP contribution in [-0.4, -0.2) is 13.4 Å². The number of benzene rings is 10. The molecule has 6 heteroatoms. The van der Waals surface area contributed by atoms with E-state index < -0.39 is 0 Å². The summed E-state index contributed by atoms with van der Waals surface area (Å²) < 4.78 is 14.2. The standard InChI is InChI=1S/C70H60B2N2O2/c1-37-25-39(3)63(40(4)26-37)71-53-33-51-49-23-21-45(69(7,8)9)31-59(49)75-61(51)35-55(53)73-58-30-44-18-14-16-20-48(44)66-68(58)74(57-29-43-17-13-15-19-47(43)65(71)67(57)73)56-36-62-52(50-24-22-46(70(10,11)12)32-60(50)76-62)34-54(56)72(66)64-41(5)27-38(2)28-42(64)6/h13-36H,1-12H3. The monoisotopic (exact) mass is 982 g/mol. The Morgan fingerprint density at radius 1 is 0.342 bits per heavy atom. The molecule has 0 saturated heterocycles. The Bertz CT molecular complexity index is 4260. The van der Waals surface area contributed by atoms with E-state index in [1.807, 2.05) is 0 Å². The van der Waals surface area contributed by atoms with Gasteiger partial charge in [0.15, 0.2) is 0 Å². The van der Waals surface area contributed by atoms with Gasteiger partial charge in [-0.25, -0.2) is 0 Å². The number of fused-ring (bicyclic) bond motifs is 16. The average Bonchev–Trinajstić information content (AvgIpc) is 4.03. The molecule has 4 nitrogen and oxygen atoms in total. The minimum Gasteiger partial charge on any atom is -0.456 e. The fourth-order valence-corrected chi connectivity index (χ4v) is 14.5. The zero-order chi connectivity index (χ0) is 52.2. The second kappa shape index (κ2) is 15.3. The van der Waals surface area contributed by atoms with Crippen LogP contribution < -0.4 is 42.6 Å². The van der Waals surface area contributed by atoms with Gasteiger partial charge >= 0.3 is 0 Å². The molecule has 0 bridgehead atoms. The molecule has 0 radical (unpaired) electrons. The van der Waals surface area contributed by atoms with Crippen molar-refractivity contribution in [1.82, 2.24) is 0 Å². The molecule has 0 atom stereocenters. The van der Waals surface area contributed by atoms with Crippen LogP contribution in [0.2, 0.25) is 0 Å². The lowest BCUT2D eigenvalue weighted by Gasteiger charge is -2.49. The minimum absolute atomic E-state index is 0.0238. The largest absolute Gasteiger partial charge is 0.456 e. The Labute approximate surface area is 446 Å². The molecule has 368 valence electrons. The molecule has 0 aliphatic carbocycles. The Morgan fingerprint density at radius 2 is 0.711 bits per heavy atom. The van der Waals surface area contributed by atoms with E-state index in [4.69, 9.17) is 8.83 Å². The molecule has 3 aliphatic rings. The summed E-state index contributed by atoms with van der Waals surface area (Å²) in [4.78, 5) is 5.31. The summed E-state index contributed by atoms with van der Waals surface area (Å²) in [6.45, 7) is 27.2. The van der Waals surface area contributed by atoms with Gasteiger partial charge in [-0.2, -0.15) is 0 Å². The van der Waals surface area contributed by atoms with Gasteiger partial charge in [0.05, 0.1) is 22.7 Å². The summed E-state index contributed by atoms with van der Waals surface area (Å²) in [6, 6.07) is 56.3. The van der Waals surface area contributed by atoms with Crippen molar-refractivity contribution in [2.24, 2.45) is 0 Å². The summed E-state index contributed by atoms with van der Waals surface area (Å²) in [5, 5.41) is 9.55. The predicted octanol–water partition coefficient (Wildman–Crippen LogP) is 15.1. The maximum Gasteiger partial charge on any atom is 0.248 e. The molecule has 3 aliphatic heterocycles. The zero-order valence-corrected chi connectivity index (χ0v) is 45.7. The van der Waals surface area contributed by atoms with Crippen molar-refractivity contribution in [1.29, 1.82) is 0 Å². The van der Waals surface area contributed by atoms with Crippen LogP contribution in [0.4, 0.5) is 34.1 Å². The minimum atomic E-state index is -0.0962. The van der Waals surface area contributed by atoms with Gasteiger partial charge < -0.3 is 18.6 Å². The molecule has 5 heterocycles. The van der Waals surface area contributed by atoms with Crippen LogP contribution in [0.25, 0.3) is 65.4 Å². The lowest BCUT2D eigenvalue weighted by Crippen LogP contribution is -2.62. The lowest BCUT2D eigenvalue weighted by atomic mass is 9.32. The fraction of sp³-hybridized carbons (Fsp3) is 0.200. The molecule has 10 aromatic carbocycles. The van der Waals surface area contributed by atoms with Crippen LogP contribution in [0.5, 0.6) is 0 Å². The number of hydrogen-bond acceptors (Lipinski definition) is 4. The molecule has 2 aromatic heterocycles. The molecule has 0 fully saturated rings. The van der Waals surface area contributed by atoms with Gasteiger partial charge in [-0.1, -0.05) is 195 Å². The van der Waals surface area contributed by atoms with Gasteiger partial charge in [0.2, 0.25) is 13.4 Å². The van der Waals surface area contributed by atoms with Crippen LogP contribution in [0.3, 0.4) is 0 Å². The lowest BCUT2D eigenvalue weighted by molar-refractivity contribution is 0.587. The molecular formula is C70H60B2N2O2. The number of rotatable bonds is 2. The number of nitrogens with zero attached hydrogens (tertiary/aromatic N) is 2. The molecule has 0 N–H and O–H groups in total. The third kappa shape index (κ3) is 6.22. The van der Waals surface area contributed by atoms with E-state index in [-0.39, 0.29) is 24.3 Å². The summed E-state index contributed by atoms with van der Waals surface area (Å²) in [6.07, 6.45) is 0. The maximum atomic E-state index is 7.09. The van der Waals surface area contributed by atoms with Crippen molar-refractivity contribution in [2.75, 3.05) is 9.80 Å². The first-order chi connectivity index (χ1) is 36.4. The highest BCUT2D eigenvalue weighted by atomic mass is 16.3. The Hall–Kier alpha value is -7.95. The number of aryl methyl sites for hydroxylation is 6. The fourth-order valence-electron chi connectivity index (χ4n) is 14.5. The van der Waals surface area contributed by atoms with Crippen molar-refractivity contribution >= 4 is 146 Å². The van der Waals surface area contributed by atoms with Crippen LogP contribution in [0, 0.1) is 41.5 Å². The van der Waals surface area contributed by atoms with Gasteiger partial charge in [-0.05, 0) is 131 Å². The first kappa shape index (κ1) is 45.4. The average molecular weight is 983 g/mol. The zero-order valence-electron chi connectivity index (χ0n) is 45.7. The smallest absolute Gasteiger partial charge is 0.248 e. The van der Waals surface area contributed by atoms with Crippen LogP contribution >= 0.6 is 0 Å². The van der Waals surface area contributed by atoms with Crippen LogP contribution in [0.1, 0.15) is 86.1 Å². The summed E-state index contributed by atoms with van der Waals surface area (Å²) >= 11 is 0. The van der Waals surface area contributed by atoms with Crippen molar-refractivity contribution < 1.29 is 8.83 Å². The molecule has 0 saturated carbocycles. The first-order valence-electron chi connectivity index (χ1n) is 27.3. The Kier molecular flexibility index (Phi) is 9.18. The number of anilines is 6. The van der Waals surface area contributed by atoms with Crippen molar-refractivity contribution in [3.8, 4) is 0 Å². The van der Waals surface area contributed by atoms with Gasteiger partial charge in [0, 0.05) is 45.1 Å². The molecule has 76 heavy (non-hydrogen) atoms. The molecule has 0 amide bonds. The van der Waals surface area contributed by atoms with Gasteiger partial charge in [0.25, 0.3) is 0 Å². The molecule has 0 unspecified atom stereocenters. The van der Waals surface area contributed by atoms with E-state index in [0.717, 1.165) is 66.6 Å². The number of hydrogen-bond donors (Lipinski definition) is 0. The predicted molar refractivity (Wildman–Crippen MR) is 327 cm³/mol. The Morgan fingerprint density at radius 3 is 1.09 bits per heavy atom. The van der Waals surface area contributed by atoms with Gasteiger partial charge in [0.1, 0.15) is 22.3 Å². The highest BCUT2D eigenvalue weighted by Crippen LogP contribution is 2.58. The topological polar surface area (TPSA) is 32.8 Å². The van der Waals surface area contributed by atoms with Crippen molar-refractivity contribution in [3.05, 3.63) is 190 Å². The van der Waals surface area contributed by atoms with E-state index in [2.05, 4.69) is 238 Å². The summed E-state index contributed by atoms with van der Waals surface area (Å²) in [5.41, 5.74) is 28.9. The molecule has 0 spiro atoms. The first-order valence-corrected chi connectivity index (χ1v) is 27.3. The van der Waals surface area contributed by atoms with Gasteiger partial charge in [-0.15, -0.1) is 0 Å². The van der Waals surface area contributed by atoms with E-state index in [1.165, 1.54) is 110 Å². The van der Waals surface area contributed by atoms with E-state index >= 15 is 0 Å². The second-order valence-electron chi connectivity index (χ2n) is 24.9. The third-order valence-corrected chi connectivity index (χ3v) is 17.7. The Balaban J connectivity index is 1.13. The van der Waals surface area contributed by atoms with E-state index in [0.29, 0.717) is 0 Å². The van der Waals surface area contributed by atoms with Crippen LogP contribution in [-0.2, 0) is 10.8 Å². The summed E-state index contributed by atoms with van der Waals surface area (Å²) in [7, 11) is 0. The molecular weight excluding hydrogens is 922 g/mol. The third-order valence-electron chi connectivity index (χ3n) is 17.7. The normalized spacial score (nSPS) is 13.9. The quantitative estimate of drug-likeness (QED) is 0.162. The van der Waals surface area contributed by atoms with Crippen LogP contribution in [0.15, 0.2) is 154 Å². The second-order valence-corrected chi connectivity index (χ2v) is 24.9. The molecule has 12 aromatic rings. The highest BCUT2D eigenvalue weighted by molar-refractivity contribution is 7.01. The molecule has 15 rings (SSSR count). The van der Waals surface area contributed by atoms with Crippen molar-refractivity contribution in [3.63, 3.8) is 0 Å². The van der Waals surface area contributed by atoms with E-state index in [9.17, 15) is 0 Å². The van der Waals surface area contributed by atoms with Gasteiger partial charge in [-0.3, -0.25) is 0 Å². The summed E-state index contributed by atoms with van der Waals surface area (Å²) in [5.74, 6) is 0. The van der Waals surface area contributed by atoms with Crippen molar-refractivity contribution in [2.45, 2.75) is 93.9 Å².